The highest BCUT2D eigenvalue weighted by Crippen LogP contribution is 2.20. The minimum absolute atomic E-state index is 0.191. The molecule has 0 atom stereocenters. The van der Waals surface area contributed by atoms with Gasteiger partial charge in [0.15, 0.2) is 0 Å². The molecule has 0 amide bonds. The van der Waals surface area contributed by atoms with Crippen LogP contribution in [0, 0.1) is 6.92 Å². The topological polar surface area (TPSA) is 85.4 Å². The van der Waals surface area contributed by atoms with Gasteiger partial charge in [0, 0.05) is 56.4 Å². The second-order valence-electron chi connectivity index (χ2n) is 5.85. The molecule has 2 N–H and O–H groups in total. The summed E-state index contributed by atoms with van der Waals surface area (Å²) in [4.78, 5) is 20.0. The van der Waals surface area contributed by atoms with E-state index in [4.69, 9.17) is 5.11 Å². The van der Waals surface area contributed by atoms with Gasteiger partial charge in [-0.1, -0.05) is 0 Å². The largest absolute Gasteiger partial charge is 0.477 e. The Morgan fingerprint density at radius 3 is 2.96 bits per heavy atom. The fraction of sp³-hybridized carbons (Fsp3) is 0.438. The molecule has 3 heterocycles. The number of nitrogens with one attached hydrogen (secondary N) is 1. The molecule has 0 saturated carbocycles. The van der Waals surface area contributed by atoms with Crippen LogP contribution in [0.2, 0.25) is 0 Å². The van der Waals surface area contributed by atoms with Gasteiger partial charge in [-0.3, -0.25) is 15.0 Å². The zero-order valence-electron chi connectivity index (χ0n) is 13.2. The Morgan fingerprint density at radius 1 is 1.30 bits per heavy atom. The predicted molar refractivity (Wildman–Crippen MR) is 86.6 cm³/mol. The minimum atomic E-state index is -0.957. The summed E-state index contributed by atoms with van der Waals surface area (Å²) in [6, 6.07) is 2.06. The van der Waals surface area contributed by atoms with Crippen molar-refractivity contribution >= 4 is 11.7 Å². The van der Waals surface area contributed by atoms with E-state index in [2.05, 4.69) is 38.0 Å². The summed E-state index contributed by atoms with van der Waals surface area (Å²) in [5, 5.41) is 15.6. The molecule has 7 nitrogen and oxygen atoms in total. The normalized spacial score (nSPS) is 16.3. The van der Waals surface area contributed by atoms with Crippen molar-refractivity contribution in [2.24, 2.45) is 0 Å². The first-order valence-corrected chi connectivity index (χ1v) is 7.78. The number of anilines is 1. The molecule has 122 valence electrons. The fourth-order valence-electron chi connectivity index (χ4n) is 3.05. The third-order valence-corrected chi connectivity index (χ3v) is 4.25. The van der Waals surface area contributed by atoms with Crippen molar-refractivity contribution < 1.29 is 9.90 Å². The number of carbonyl (C=O) groups is 1. The quantitative estimate of drug-likeness (QED) is 0.890. The van der Waals surface area contributed by atoms with Gasteiger partial charge in [-0.05, 0) is 25.0 Å². The Kier molecular flexibility index (Phi) is 4.57. The molecule has 0 spiro atoms. The van der Waals surface area contributed by atoms with Gasteiger partial charge < -0.3 is 10.0 Å². The molecule has 1 aliphatic rings. The fourth-order valence-corrected chi connectivity index (χ4v) is 3.05. The number of aryl methyl sites for hydroxylation is 1. The molecular formula is C16H21N5O2. The maximum Gasteiger partial charge on any atom is 0.354 e. The van der Waals surface area contributed by atoms with Crippen LogP contribution in [0.3, 0.4) is 0 Å². The van der Waals surface area contributed by atoms with Crippen molar-refractivity contribution in [2.45, 2.75) is 19.9 Å². The van der Waals surface area contributed by atoms with Crippen molar-refractivity contribution in [1.29, 1.82) is 0 Å². The lowest BCUT2D eigenvalue weighted by Crippen LogP contribution is -2.31. The van der Waals surface area contributed by atoms with Crippen molar-refractivity contribution in [3.8, 4) is 0 Å². The first kappa shape index (κ1) is 15.5. The number of carboxylic acids is 1. The van der Waals surface area contributed by atoms with E-state index in [9.17, 15) is 4.79 Å². The molecular weight excluding hydrogens is 294 g/mol. The molecule has 3 rings (SSSR count). The lowest BCUT2D eigenvalue weighted by molar-refractivity contribution is 0.0688. The number of nitrogens with zero attached hydrogens (tertiary/aromatic N) is 4. The van der Waals surface area contributed by atoms with Gasteiger partial charge in [-0.15, -0.1) is 0 Å². The molecule has 0 unspecified atom stereocenters. The molecule has 0 bridgehead atoms. The highest BCUT2D eigenvalue weighted by molar-refractivity contribution is 5.86. The van der Waals surface area contributed by atoms with Crippen molar-refractivity contribution in [2.75, 3.05) is 31.1 Å². The Bertz CT molecular complexity index is 685. The molecule has 1 saturated heterocycles. The Balaban J connectivity index is 1.66. The zero-order chi connectivity index (χ0) is 16.2. The van der Waals surface area contributed by atoms with Crippen LogP contribution < -0.4 is 4.90 Å². The first-order valence-electron chi connectivity index (χ1n) is 7.78. The van der Waals surface area contributed by atoms with Gasteiger partial charge in [0.05, 0.1) is 6.20 Å². The highest BCUT2D eigenvalue weighted by atomic mass is 16.4. The SMILES string of the molecule is Cc1cnccc1N1CCCN(Cc2cn[nH]c2C(=O)O)CC1. The second-order valence-corrected chi connectivity index (χ2v) is 5.85. The van der Waals surface area contributed by atoms with Gasteiger partial charge >= 0.3 is 5.97 Å². The number of hydrogen-bond acceptors (Lipinski definition) is 5. The minimum Gasteiger partial charge on any atom is -0.477 e. The van der Waals surface area contributed by atoms with Crippen molar-refractivity contribution in [1.82, 2.24) is 20.1 Å². The monoisotopic (exact) mass is 315 g/mol. The van der Waals surface area contributed by atoms with Crippen LogP contribution in [-0.2, 0) is 6.54 Å². The Morgan fingerprint density at radius 2 is 2.17 bits per heavy atom. The van der Waals surface area contributed by atoms with E-state index in [0.717, 1.165) is 38.2 Å². The van der Waals surface area contributed by atoms with Gasteiger partial charge in [-0.2, -0.15) is 5.10 Å². The van der Waals surface area contributed by atoms with Crippen LogP contribution in [0.25, 0.3) is 0 Å². The number of carboxylic acid groups (broad SMARTS) is 1. The number of hydrogen-bond donors (Lipinski definition) is 2. The van der Waals surface area contributed by atoms with Crippen LogP contribution in [0.5, 0.6) is 0 Å². The number of aromatic nitrogens is 3. The predicted octanol–water partition coefficient (Wildman–Crippen LogP) is 1.52. The molecule has 0 aromatic carbocycles. The number of rotatable bonds is 4. The molecule has 23 heavy (non-hydrogen) atoms. The van der Waals surface area contributed by atoms with E-state index in [1.807, 2.05) is 12.4 Å². The summed E-state index contributed by atoms with van der Waals surface area (Å²) >= 11 is 0. The lowest BCUT2D eigenvalue weighted by atomic mass is 10.2. The highest BCUT2D eigenvalue weighted by Gasteiger charge is 2.19. The van der Waals surface area contributed by atoms with E-state index >= 15 is 0 Å². The molecule has 0 aliphatic carbocycles. The summed E-state index contributed by atoms with van der Waals surface area (Å²) < 4.78 is 0. The van der Waals surface area contributed by atoms with E-state index in [0.29, 0.717) is 6.54 Å². The average Bonchev–Trinajstić information content (AvgIpc) is 2.87. The smallest absolute Gasteiger partial charge is 0.354 e. The number of aromatic amines is 1. The molecule has 2 aromatic heterocycles. The first-order chi connectivity index (χ1) is 11.1. The number of aromatic carboxylic acids is 1. The van der Waals surface area contributed by atoms with Gasteiger partial charge in [0.2, 0.25) is 0 Å². The molecule has 7 heteroatoms. The standard InChI is InChI=1S/C16H21N5O2/c1-12-9-17-4-3-14(12)21-6-2-5-20(7-8-21)11-13-10-18-19-15(13)16(22)23/h3-4,9-10H,2,5-8,11H2,1H3,(H,18,19)(H,22,23). The Hall–Kier alpha value is -2.41. The van der Waals surface area contributed by atoms with E-state index in [-0.39, 0.29) is 5.69 Å². The van der Waals surface area contributed by atoms with Crippen LogP contribution in [0.15, 0.2) is 24.7 Å². The Labute approximate surface area is 134 Å². The van der Waals surface area contributed by atoms with E-state index in [1.54, 1.807) is 6.20 Å². The maximum absolute atomic E-state index is 11.2. The third-order valence-electron chi connectivity index (χ3n) is 4.25. The maximum atomic E-state index is 11.2. The van der Waals surface area contributed by atoms with Crippen LogP contribution in [0.4, 0.5) is 5.69 Å². The van der Waals surface area contributed by atoms with E-state index in [1.165, 1.54) is 11.3 Å². The van der Waals surface area contributed by atoms with Crippen LogP contribution in [-0.4, -0.2) is 57.3 Å². The molecule has 2 aromatic rings. The summed E-state index contributed by atoms with van der Waals surface area (Å²) in [6.45, 7) is 6.46. The average molecular weight is 315 g/mol. The summed E-state index contributed by atoms with van der Waals surface area (Å²) in [7, 11) is 0. The zero-order valence-corrected chi connectivity index (χ0v) is 13.2. The number of pyridine rings is 1. The third kappa shape index (κ3) is 3.50. The van der Waals surface area contributed by atoms with E-state index < -0.39 is 5.97 Å². The summed E-state index contributed by atoms with van der Waals surface area (Å²) in [6.07, 6.45) is 6.37. The van der Waals surface area contributed by atoms with Gasteiger partial charge in [-0.25, -0.2) is 4.79 Å². The van der Waals surface area contributed by atoms with Crippen molar-refractivity contribution in [3.05, 3.63) is 41.5 Å². The second kappa shape index (κ2) is 6.78. The number of H-pyrrole nitrogens is 1. The summed E-state index contributed by atoms with van der Waals surface area (Å²) in [5.41, 5.74) is 3.35. The summed E-state index contributed by atoms with van der Waals surface area (Å²) in [5.74, 6) is -0.957. The van der Waals surface area contributed by atoms with Crippen molar-refractivity contribution in [3.63, 3.8) is 0 Å². The molecule has 0 radical (unpaired) electrons. The van der Waals surface area contributed by atoms with Gasteiger partial charge in [0.1, 0.15) is 5.69 Å². The van der Waals surface area contributed by atoms with Crippen LogP contribution in [0.1, 0.15) is 28.0 Å². The van der Waals surface area contributed by atoms with Crippen LogP contribution >= 0.6 is 0 Å². The van der Waals surface area contributed by atoms with Gasteiger partial charge in [0.25, 0.3) is 0 Å². The molecule has 1 aliphatic heterocycles. The molecule has 1 fully saturated rings. The lowest BCUT2D eigenvalue weighted by Gasteiger charge is -2.24.